The van der Waals surface area contributed by atoms with Gasteiger partial charge in [-0.15, -0.1) is 4.91 Å². The minimum Gasteiger partial charge on any atom is -0.455 e. The molecular formula is C19H21N3O4. The number of carbonyl (C=O) groups excluding carboxylic acids is 2. The van der Waals surface area contributed by atoms with Gasteiger partial charge >= 0.3 is 0 Å². The molecule has 2 aromatic carbocycles. The molecule has 0 atom stereocenters. The number of nitrogens with zero attached hydrogens (tertiary/aromatic N) is 1. The molecule has 0 aromatic heterocycles. The van der Waals surface area contributed by atoms with Crippen LogP contribution in [-0.2, 0) is 22.6 Å². The Labute approximate surface area is 151 Å². The minimum atomic E-state index is -0.293. The topological polar surface area (TPSA) is 96.9 Å². The summed E-state index contributed by atoms with van der Waals surface area (Å²) in [5.74, 6) is 0.241. The van der Waals surface area contributed by atoms with Gasteiger partial charge in [-0.25, -0.2) is 0 Å². The number of nitrogens with one attached hydrogen (secondary N) is 2. The first-order chi connectivity index (χ1) is 12.6. The van der Waals surface area contributed by atoms with Gasteiger partial charge in [-0.2, -0.15) is 0 Å². The number of ether oxygens (including phenoxy) is 1. The fourth-order valence-corrected chi connectivity index (χ4v) is 2.36. The van der Waals surface area contributed by atoms with Crippen LogP contribution in [0.1, 0.15) is 25.0 Å². The van der Waals surface area contributed by atoms with Crippen LogP contribution < -0.4 is 15.4 Å². The second-order valence-corrected chi connectivity index (χ2v) is 5.37. The van der Waals surface area contributed by atoms with E-state index in [4.69, 9.17) is 4.74 Å². The third-order valence-electron chi connectivity index (χ3n) is 3.55. The first-order valence-corrected chi connectivity index (χ1v) is 8.40. The highest BCUT2D eigenvalue weighted by atomic mass is 16.5. The van der Waals surface area contributed by atoms with Crippen molar-refractivity contribution in [2.24, 2.45) is 5.18 Å². The highest BCUT2D eigenvalue weighted by Gasteiger charge is 2.12. The van der Waals surface area contributed by atoms with E-state index in [2.05, 4.69) is 15.8 Å². The van der Waals surface area contributed by atoms with E-state index < -0.39 is 0 Å². The van der Waals surface area contributed by atoms with E-state index >= 15 is 0 Å². The van der Waals surface area contributed by atoms with E-state index in [1.165, 1.54) is 6.07 Å². The monoisotopic (exact) mass is 355 g/mol. The standard InChI is InChI=1S/C17H15N3O4.C2H6/c21-16-8-11-4-5-14(20-23)15(7-11)24-13-3-1-2-12(6-13)9-18-17(22)10-19-16;1-2/h1-7H,8-10H2,(H,18,22)(H,19,21);1-2H3. The first kappa shape index (κ1) is 19.1. The zero-order chi connectivity index (χ0) is 18.9. The summed E-state index contributed by atoms with van der Waals surface area (Å²) in [6.45, 7) is 4.22. The van der Waals surface area contributed by atoms with E-state index in [1.807, 2.05) is 19.9 Å². The van der Waals surface area contributed by atoms with E-state index in [9.17, 15) is 14.5 Å². The van der Waals surface area contributed by atoms with Crippen molar-refractivity contribution in [1.29, 1.82) is 0 Å². The van der Waals surface area contributed by atoms with Gasteiger partial charge in [0.05, 0.1) is 13.0 Å². The van der Waals surface area contributed by atoms with Gasteiger partial charge in [0.25, 0.3) is 0 Å². The van der Waals surface area contributed by atoms with Crippen LogP contribution in [0.25, 0.3) is 0 Å². The minimum absolute atomic E-state index is 0.0722. The molecule has 0 radical (unpaired) electrons. The van der Waals surface area contributed by atoms with Crippen LogP contribution >= 0.6 is 0 Å². The van der Waals surface area contributed by atoms with E-state index in [1.54, 1.807) is 30.3 Å². The number of carbonyl (C=O) groups is 2. The SMILES string of the molecule is CC.O=Nc1ccc2cc1Oc1cccc(c1)CNC(=O)CNC(=O)C2. The van der Waals surface area contributed by atoms with Crippen molar-refractivity contribution in [3.05, 3.63) is 58.5 Å². The lowest BCUT2D eigenvalue weighted by atomic mass is 10.1. The fraction of sp³-hybridized carbons (Fsp3) is 0.263. The van der Waals surface area contributed by atoms with Crippen LogP contribution in [0.15, 0.2) is 47.6 Å². The third-order valence-corrected chi connectivity index (χ3v) is 3.55. The zero-order valence-electron chi connectivity index (χ0n) is 14.7. The molecule has 2 aromatic rings. The van der Waals surface area contributed by atoms with E-state index in [0.29, 0.717) is 17.9 Å². The van der Waals surface area contributed by atoms with Crippen LogP contribution in [-0.4, -0.2) is 18.4 Å². The lowest BCUT2D eigenvalue weighted by molar-refractivity contribution is -0.125. The zero-order valence-corrected chi connectivity index (χ0v) is 14.7. The number of benzene rings is 2. The predicted octanol–water partition coefficient (Wildman–Crippen LogP) is 3.19. The van der Waals surface area contributed by atoms with Gasteiger partial charge < -0.3 is 15.4 Å². The summed E-state index contributed by atoms with van der Waals surface area (Å²) in [5, 5.41) is 8.23. The molecule has 0 saturated heterocycles. The highest BCUT2D eigenvalue weighted by Crippen LogP contribution is 2.33. The Kier molecular flexibility index (Phi) is 6.84. The largest absolute Gasteiger partial charge is 0.455 e. The molecule has 7 nitrogen and oxygen atoms in total. The molecule has 2 N–H and O–H groups in total. The Morgan fingerprint density at radius 3 is 2.46 bits per heavy atom. The van der Waals surface area contributed by atoms with Crippen molar-refractivity contribution in [1.82, 2.24) is 10.6 Å². The van der Waals surface area contributed by atoms with Crippen LogP contribution in [0.5, 0.6) is 11.5 Å². The molecule has 2 amide bonds. The molecule has 0 saturated carbocycles. The Bertz CT molecular complexity index is 805. The molecular weight excluding hydrogens is 334 g/mol. The Hall–Kier alpha value is -3.22. The summed E-state index contributed by atoms with van der Waals surface area (Å²) in [4.78, 5) is 34.6. The number of hydrogen-bond donors (Lipinski definition) is 2. The van der Waals surface area contributed by atoms with Gasteiger partial charge in [-0.1, -0.05) is 32.0 Å². The van der Waals surface area contributed by atoms with E-state index in [-0.39, 0.29) is 36.2 Å². The number of amides is 2. The first-order valence-electron chi connectivity index (χ1n) is 8.40. The van der Waals surface area contributed by atoms with Crippen LogP contribution in [0, 0.1) is 4.91 Å². The van der Waals surface area contributed by atoms with Crippen molar-refractivity contribution >= 4 is 17.5 Å². The Morgan fingerprint density at radius 1 is 0.923 bits per heavy atom. The summed E-state index contributed by atoms with van der Waals surface area (Å²) >= 11 is 0. The smallest absolute Gasteiger partial charge is 0.239 e. The quantitative estimate of drug-likeness (QED) is 0.768. The van der Waals surface area contributed by atoms with Gasteiger partial charge in [0, 0.05) is 6.54 Å². The Balaban J connectivity index is 0.00000117. The van der Waals surface area contributed by atoms with Gasteiger partial charge in [-0.3, -0.25) is 9.59 Å². The lowest BCUT2D eigenvalue weighted by Gasteiger charge is -2.13. The molecule has 0 fully saturated rings. The number of hydrogen-bond acceptors (Lipinski definition) is 5. The molecule has 1 heterocycles. The molecule has 1 aliphatic heterocycles. The van der Waals surface area contributed by atoms with Crippen molar-refractivity contribution in [3.63, 3.8) is 0 Å². The average Bonchev–Trinajstić information content (AvgIpc) is 2.66. The van der Waals surface area contributed by atoms with Crippen molar-refractivity contribution in [2.45, 2.75) is 26.8 Å². The molecule has 0 unspecified atom stereocenters. The molecule has 3 rings (SSSR count). The van der Waals surface area contributed by atoms with Gasteiger partial charge in [0.1, 0.15) is 5.75 Å². The second kappa shape index (κ2) is 9.31. The lowest BCUT2D eigenvalue weighted by Crippen LogP contribution is -2.37. The molecule has 1 aliphatic rings. The molecule has 4 bridgehead atoms. The molecule has 26 heavy (non-hydrogen) atoms. The van der Waals surface area contributed by atoms with Crippen molar-refractivity contribution < 1.29 is 14.3 Å². The predicted molar refractivity (Wildman–Crippen MR) is 98.3 cm³/mol. The summed E-state index contributed by atoms with van der Waals surface area (Å²) < 4.78 is 5.75. The maximum absolute atomic E-state index is 11.9. The van der Waals surface area contributed by atoms with Crippen LogP contribution in [0.3, 0.4) is 0 Å². The molecule has 0 aliphatic carbocycles. The number of rotatable bonds is 1. The number of fused-ring (bicyclic) bond motifs is 4. The van der Waals surface area contributed by atoms with Crippen molar-refractivity contribution in [3.8, 4) is 11.5 Å². The second-order valence-electron chi connectivity index (χ2n) is 5.37. The van der Waals surface area contributed by atoms with Crippen LogP contribution in [0.2, 0.25) is 0 Å². The van der Waals surface area contributed by atoms with Crippen LogP contribution in [0.4, 0.5) is 5.69 Å². The van der Waals surface area contributed by atoms with Crippen molar-refractivity contribution in [2.75, 3.05) is 6.54 Å². The number of nitroso groups, excluding NO2 is 1. The maximum Gasteiger partial charge on any atom is 0.239 e. The Morgan fingerprint density at radius 2 is 1.69 bits per heavy atom. The molecule has 7 heteroatoms. The maximum atomic E-state index is 11.9. The van der Waals surface area contributed by atoms with Gasteiger partial charge in [0.15, 0.2) is 11.4 Å². The molecule has 0 spiro atoms. The van der Waals surface area contributed by atoms with E-state index in [0.717, 1.165) is 5.56 Å². The van der Waals surface area contributed by atoms with Gasteiger partial charge in [0.2, 0.25) is 11.8 Å². The third kappa shape index (κ3) is 5.14. The molecule has 136 valence electrons. The summed E-state index contributed by atoms with van der Waals surface area (Å²) in [6.07, 6.45) is 0.0722. The normalized spacial score (nSPS) is 13.8. The van der Waals surface area contributed by atoms with Gasteiger partial charge in [-0.05, 0) is 40.6 Å². The average molecular weight is 355 g/mol. The summed E-state index contributed by atoms with van der Waals surface area (Å²) in [5.41, 5.74) is 1.65. The highest BCUT2D eigenvalue weighted by molar-refractivity contribution is 5.85. The summed E-state index contributed by atoms with van der Waals surface area (Å²) in [6, 6.07) is 11.9. The fourth-order valence-electron chi connectivity index (χ4n) is 2.36. The summed E-state index contributed by atoms with van der Waals surface area (Å²) in [7, 11) is 0.